The lowest BCUT2D eigenvalue weighted by Crippen LogP contribution is -2.23. The van der Waals surface area contributed by atoms with E-state index in [1.54, 1.807) is 0 Å². The molecule has 0 aliphatic heterocycles. The molecule has 0 unspecified atom stereocenters. The van der Waals surface area contributed by atoms with Crippen LogP contribution in [0.1, 0.15) is 22.9 Å². The maximum absolute atomic E-state index is 10.2. The predicted molar refractivity (Wildman–Crippen MR) is 85.4 cm³/mol. The molecule has 1 atom stereocenters. The quantitative estimate of drug-likeness (QED) is 0.848. The first kappa shape index (κ1) is 15.5. The molecule has 1 heterocycles. The van der Waals surface area contributed by atoms with Crippen molar-refractivity contribution >= 4 is 5.82 Å². The van der Waals surface area contributed by atoms with E-state index < -0.39 is 6.10 Å². The molecular weight excluding hydrogens is 264 g/mol. The summed E-state index contributed by atoms with van der Waals surface area (Å²) < 4.78 is 1.89. The Bertz CT molecular complexity index is 577. The number of aliphatic hydroxyl groups is 1. The monoisotopic (exact) mass is 288 g/mol. The molecule has 114 valence electrons. The molecule has 5 heteroatoms. The highest BCUT2D eigenvalue weighted by Crippen LogP contribution is 2.21. The number of aliphatic hydroxyl groups excluding tert-OH is 1. The second kappa shape index (κ2) is 6.74. The maximum Gasteiger partial charge on any atom is 0.130 e. The van der Waals surface area contributed by atoms with E-state index in [0.29, 0.717) is 13.1 Å². The summed E-state index contributed by atoms with van der Waals surface area (Å²) in [6.07, 6.45) is -0.494. The van der Waals surface area contributed by atoms with Crippen molar-refractivity contribution in [2.75, 3.05) is 25.5 Å². The number of aromatic nitrogens is 2. The number of hydrogen-bond acceptors (Lipinski definition) is 4. The number of nitrogens with one attached hydrogen (secondary N) is 1. The van der Waals surface area contributed by atoms with Gasteiger partial charge in [0.1, 0.15) is 5.82 Å². The van der Waals surface area contributed by atoms with Gasteiger partial charge < -0.3 is 15.3 Å². The van der Waals surface area contributed by atoms with Gasteiger partial charge in [0.25, 0.3) is 0 Å². The van der Waals surface area contributed by atoms with E-state index in [0.717, 1.165) is 17.1 Å². The minimum atomic E-state index is -0.494. The van der Waals surface area contributed by atoms with Crippen molar-refractivity contribution in [2.45, 2.75) is 19.6 Å². The Kier molecular flexibility index (Phi) is 4.98. The molecule has 0 fully saturated rings. The van der Waals surface area contributed by atoms with Crippen molar-refractivity contribution in [2.24, 2.45) is 7.05 Å². The van der Waals surface area contributed by atoms with Crippen LogP contribution in [0, 0.1) is 6.92 Å². The second-order valence-corrected chi connectivity index (χ2v) is 5.46. The predicted octanol–water partition coefficient (Wildman–Crippen LogP) is 1.62. The number of anilines is 1. The van der Waals surface area contributed by atoms with Crippen LogP contribution in [0.3, 0.4) is 0 Å². The first-order valence-corrected chi connectivity index (χ1v) is 7.14. The number of nitrogens with zero attached hydrogens (tertiary/aromatic N) is 3. The third-order valence-electron chi connectivity index (χ3n) is 3.56. The Morgan fingerprint density at radius 2 is 1.95 bits per heavy atom. The van der Waals surface area contributed by atoms with Crippen LogP contribution >= 0.6 is 0 Å². The van der Waals surface area contributed by atoms with E-state index in [-0.39, 0.29) is 0 Å². The van der Waals surface area contributed by atoms with Gasteiger partial charge >= 0.3 is 0 Å². The molecule has 0 saturated carbocycles. The van der Waals surface area contributed by atoms with E-state index in [1.165, 1.54) is 5.56 Å². The molecule has 0 bridgehead atoms. The van der Waals surface area contributed by atoms with E-state index in [2.05, 4.69) is 15.3 Å². The van der Waals surface area contributed by atoms with Crippen molar-refractivity contribution in [1.29, 1.82) is 0 Å². The summed E-state index contributed by atoms with van der Waals surface area (Å²) >= 11 is 0. The molecule has 0 spiro atoms. The lowest BCUT2D eigenvalue weighted by Gasteiger charge is -2.17. The molecular formula is C16H24N4O. The summed E-state index contributed by atoms with van der Waals surface area (Å²) in [7, 11) is 5.97. The number of hydrogen-bond donors (Lipinski definition) is 2. The van der Waals surface area contributed by atoms with Crippen LogP contribution in [0.2, 0.25) is 0 Å². The van der Waals surface area contributed by atoms with Gasteiger partial charge in [-0.2, -0.15) is 5.10 Å². The van der Waals surface area contributed by atoms with E-state index in [1.807, 2.05) is 63.1 Å². The summed E-state index contributed by atoms with van der Waals surface area (Å²) in [6.45, 7) is 3.22. The first-order chi connectivity index (χ1) is 10.0. The number of benzene rings is 1. The average molecular weight is 288 g/mol. The van der Waals surface area contributed by atoms with Gasteiger partial charge in [-0.05, 0) is 12.5 Å². The van der Waals surface area contributed by atoms with Crippen molar-refractivity contribution in [3.63, 3.8) is 0 Å². The third kappa shape index (κ3) is 3.62. The van der Waals surface area contributed by atoms with Gasteiger partial charge in [0.05, 0.1) is 11.8 Å². The van der Waals surface area contributed by atoms with Crippen LogP contribution in [0.5, 0.6) is 0 Å². The summed E-state index contributed by atoms with van der Waals surface area (Å²) in [5.41, 5.74) is 3.12. The summed E-state index contributed by atoms with van der Waals surface area (Å²) in [4.78, 5) is 2.06. The molecule has 0 aliphatic carbocycles. The second-order valence-electron chi connectivity index (χ2n) is 5.46. The molecule has 0 radical (unpaired) electrons. The molecule has 21 heavy (non-hydrogen) atoms. The normalized spacial score (nSPS) is 12.4. The molecule has 5 nitrogen and oxygen atoms in total. The van der Waals surface area contributed by atoms with Gasteiger partial charge in [-0.15, -0.1) is 0 Å². The van der Waals surface area contributed by atoms with Crippen LogP contribution in [-0.2, 0) is 13.6 Å². The number of rotatable bonds is 6. The molecule has 0 saturated heterocycles. The minimum Gasteiger partial charge on any atom is -0.387 e. The lowest BCUT2D eigenvalue weighted by atomic mass is 10.1. The van der Waals surface area contributed by atoms with E-state index in [4.69, 9.17) is 0 Å². The van der Waals surface area contributed by atoms with Gasteiger partial charge in [-0.1, -0.05) is 30.3 Å². The Morgan fingerprint density at radius 1 is 1.29 bits per heavy atom. The van der Waals surface area contributed by atoms with Crippen LogP contribution in [-0.4, -0.2) is 35.5 Å². The highest BCUT2D eigenvalue weighted by molar-refractivity contribution is 5.48. The van der Waals surface area contributed by atoms with Crippen molar-refractivity contribution in [3.05, 3.63) is 47.2 Å². The highest BCUT2D eigenvalue weighted by atomic mass is 16.3. The fourth-order valence-corrected chi connectivity index (χ4v) is 2.58. The standard InChI is InChI=1S/C16H24N4O/c1-12-14(16(19(2)3)20(4)18-12)10-17-11-15(21)13-8-6-5-7-9-13/h5-9,15,17,21H,10-11H2,1-4H3/t15-/m1/s1. The average Bonchev–Trinajstić information content (AvgIpc) is 2.74. The zero-order valence-corrected chi connectivity index (χ0v) is 13.2. The SMILES string of the molecule is Cc1nn(C)c(N(C)C)c1CNC[C@@H](O)c1ccccc1. The summed E-state index contributed by atoms with van der Waals surface area (Å²) in [5.74, 6) is 1.09. The Morgan fingerprint density at radius 3 is 2.57 bits per heavy atom. The van der Waals surface area contributed by atoms with Crippen LogP contribution in [0.15, 0.2) is 30.3 Å². The highest BCUT2D eigenvalue weighted by Gasteiger charge is 2.15. The van der Waals surface area contributed by atoms with Crippen LogP contribution in [0.4, 0.5) is 5.82 Å². The Balaban J connectivity index is 1.98. The smallest absolute Gasteiger partial charge is 0.130 e. The van der Waals surface area contributed by atoms with E-state index >= 15 is 0 Å². The molecule has 2 aromatic rings. The molecule has 2 rings (SSSR count). The van der Waals surface area contributed by atoms with Crippen LogP contribution < -0.4 is 10.2 Å². The Hall–Kier alpha value is -1.85. The third-order valence-corrected chi connectivity index (χ3v) is 3.56. The zero-order chi connectivity index (χ0) is 15.4. The summed E-state index contributed by atoms with van der Waals surface area (Å²) in [5, 5.41) is 17.9. The van der Waals surface area contributed by atoms with Crippen molar-refractivity contribution in [1.82, 2.24) is 15.1 Å². The largest absolute Gasteiger partial charge is 0.387 e. The Labute approximate surface area is 126 Å². The van der Waals surface area contributed by atoms with Gasteiger partial charge in [0.2, 0.25) is 0 Å². The molecule has 2 N–H and O–H groups in total. The molecule has 0 aliphatic rings. The molecule has 0 amide bonds. The maximum atomic E-state index is 10.2. The molecule has 1 aromatic carbocycles. The fraction of sp³-hybridized carbons (Fsp3) is 0.438. The first-order valence-electron chi connectivity index (χ1n) is 7.14. The summed E-state index contributed by atoms with van der Waals surface area (Å²) in [6, 6.07) is 9.70. The van der Waals surface area contributed by atoms with Crippen molar-refractivity contribution in [3.8, 4) is 0 Å². The van der Waals surface area contributed by atoms with Gasteiger partial charge in [0, 0.05) is 39.8 Å². The van der Waals surface area contributed by atoms with Crippen LogP contribution in [0.25, 0.3) is 0 Å². The van der Waals surface area contributed by atoms with Gasteiger partial charge in [-0.25, -0.2) is 0 Å². The van der Waals surface area contributed by atoms with Gasteiger partial charge in [-0.3, -0.25) is 4.68 Å². The minimum absolute atomic E-state index is 0.494. The van der Waals surface area contributed by atoms with E-state index in [9.17, 15) is 5.11 Å². The topological polar surface area (TPSA) is 53.3 Å². The molecule has 1 aromatic heterocycles. The van der Waals surface area contributed by atoms with Gasteiger partial charge in [0.15, 0.2) is 0 Å². The number of aryl methyl sites for hydroxylation is 2. The van der Waals surface area contributed by atoms with Crippen molar-refractivity contribution < 1.29 is 5.11 Å². The fourth-order valence-electron chi connectivity index (χ4n) is 2.58. The lowest BCUT2D eigenvalue weighted by molar-refractivity contribution is 0.174. The zero-order valence-electron chi connectivity index (χ0n) is 13.2.